The molecule has 10 rings (SSSR count). The number of hydrogen-bond acceptors (Lipinski definition) is 3. The van der Waals surface area contributed by atoms with Crippen molar-refractivity contribution in [1.29, 1.82) is 0 Å². The minimum absolute atomic E-state index is 0.622. The summed E-state index contributed by atoms with van der Waals surface area (Å²) in [4.78, 5) is 5.38. The largest absolute Gasteiger partial charge is 0.455 e. The zero-order valence-corrected chi connectivity index (χ0v) is 24.5. The number of fused-ring (bicyclic) bond motifs is 18. The van der Waals surface area contributed by atoms with E-state index in [0.29, 0.717) is 4.60 Å². The molecule has 0 amide bonds. The molecule has 5 aromatic carbocycles. The fraction of sp³-hybridized carbons (Fsp3) is 0.0278. The van der Waals surface area contributed by atoms with Gasteiger partial charge in [-0.2, -0.15) is 0 Å². The monoisotopic (exact) mass is 653 g/mol. The highest BCUT2D eigenvalue weighted by atomic mass is 79.9. The van der Waals surface area contributed by atoms with E-state index in [9.17, 15) is 0 Å². The molecule has 0 atom stereocenters. The van der Waals surface area contributed by atoms with Gasteiger partial charge in [-0.1, -0.05) is 101 Å². The molecule has 0 unspecified atom stereocenters. The van der Waals surface area contributed by atoms with Gasteiger partial charge >= 0.3 is 0 Å². The molecule has 0 saturated heterocycles. The second kappa shape index (κ2) is 7.55. The maximum atomic E-state index is 6.78. The van der Waals surface area contributed by atoms with E-state index in [1.807, 2.05) is 24.3 Å². The molecule has 41 heavy (non-hydrogen) atoms. The van der Waals surface area contributed by atoms with Gasteiger partial charge in [0.1, 0.15) is 21.4 Å². The zero-order valence-electron chi connectivity index (χ0n) is 21.3. The molecule has 0 fully saturated rings. The summed E-state index contributed by atoms with van der Waals surface area (Å²) in [6.07, 6.45) is 0. The Bertz CT molecular complexity index is 2420. The van der Waals surface area contributed by atoms with Gasteiger partial charge in [0.05, 0.1) is 11.1 Å². The predicted octanol–water partition coefficient (Wildman–Crippen LogP) is 10.7. The molecule has 2 aliphatic carbocycles. The third-order valence-electron chi connectivity index (χ3n) is 9.04. The van der Waals surface area contributed by atoms with Gasteiger partial charge in [-0.25, -0.2) is 4.98 Å². The molecular formula is C36H17Br2NO2. The Balaban J connectivity index is 1.53. The van der Waals surface area contributed by atoms with Gasteiger partial charge in [-0.05, 0) is 61.9 Å². The quantitative estimate of drug-likeness (QED) is 0.153. The Labute approximate surface area is 250 Å². The smallest absolute Gasteiger partial charge is 0.168 e. The highest BCUT2D eigenvalue weighted by Crippen LogP contribution is 2.66. The molecule has 0 saturated carbocycles. The van der Waals surface area contributed by atoms with Crippen molar-refractivity contribution in [2.24, 2.45) is 0 Å². The lowest BCUT2D eigenvalue weighted by molar-refractivity contribution is 0.661. The Hall–Kier alpha value is -4.19. The fourth-order valence-corrected chi connectivity index (χ4v) is 8.66. The van der Waals surface area contributed by atoms with Gasteiger partial charge in [-0.3, -0.25) is 0 Å². The molecular weight excluding hydrogens is 638 g/mol. The highest BCUT2D eigenvalue weighted by molar-refractivity contribution is 9.11. The maximum Gasteiger partial charge on any atom is 0.168 e. The molecule has 2 aliphatic rings. The summed E-state index contributed by atoms with van der Waals surface area (Å²) in [5.74, 6) is 0. The lowest BCUT2D eigenvalue weighted by Crippen LogP contribution is -2.27. The zero-order chi connectivity index (χ0) is 27.0. The molecule has 0 radical (unpaired) electrons. The SMILES string of the molecule is Brc1nc2c(c3c1oc1ccccc13)-c1c(cc(Br)c3c1oc1ccccc13)C21c2ccccc2-c2ccccc21. The van der Waals surface area contributed by atoms with Crippen LogP contribution in [0.2, 0.25) is 0 Å². The number of halogens is 2. The lowest BCUT2D eigenvalue weighted by atomic mass is 9.72. The van der Waals surface area contributed by atoms with Crippen molar-refractivity contribution in [3.05, 3.63) is 135 Å². The third-order valence-corrected chi connectivity index (χ3v) is 10.2. The van der Waals surface area contributed by atoms with Crippen LogP contribution in [0.15, 0.2) is 121 Å². The minimum Gasteiger partial charge on any atom is -0.455 e. The molecule has 5 heteroatoms. The Morgan fingerprint density at radius 2 is 1.12 bits per heavy atom. The average molecular weight is 655 g/mol. The van der Waals surface area contributed by atoms with E-state index in [0.717, 1.165) is 65.2 Å². The molecule has 0 aliphatic heterocycles. The molecule has 0 bridgehead atoms. The summed E-state index contributed by atoms with van der Waals surface area (Å²) in [5, 5.41) is 4.29. The van der Waals surface area contributed by atoms with Gasteiger partial charge in [0.2, 0.25) is 0 Å². The van der Waals surface area contributed by atoms with E-state index >= 15 is 0 Å². The van der Waals surface area contributed by atoms with Crippen LogP contribution in [0, 0.1) is 0 Å². The van der Waals surface area contributed by atoms with Crippen LogP contribution < -0.4 is 0 Å². The Kier molecular flexibility index (Phi) is 4.14. The van der Waals surface area contributed by atoms with Crippen molar-refractivity contribution in [3.8, 4) is 22.3 Å². The molecule has 3 heterocycles. The van der Waals surface area contributed by atoms with E-state index in [4.69, 9.17) is 13.8 Å². The second-order valence-electron chi connectivity index (χ2n) is 10.9. The van der Waals surface area contributed by atoms with Crippen LogP contribution in [0.1, 0.15) is 22.4 Å². The standard InChI is InChI=1S/C36H17Br2NO2/c37-25-17-24-30(32-28(25)20-11-3-7-15-26(20)40-32)31-29-21-12-4-8-16-27(21)41-33(29)35(38)39-34(31)36(24)22-13-5-1-9-18(22)19-10-2-6-14-23(19)36/h1-17H. The van der Waals surface area contributed by atoms with Gasteiger partial charge < -0.3 is 8.83 Å². The first-order valence-electron chi connectivity index (χ1n) is 13.5. The van der Waals surface area contributed by atoms with Crippen LogP contribution >= 0.6 is 31.9 Å². The molecule has 0 N–H and O–H groups in total. The second-order valence-corrected chi connectivity index (χ2v) is 12.5. The highest BCUT2D eigenvalue weighted by Gasteiger charge is 2.55. The van der Waals surface area contributed by atoms with Crippen LogP contribution in [0.3, 0.4) is 0 Å². The lowest BCUT2D eigenvalue weighted by Gasteiger charge is -2.29. The predicted molar refractivity (Wildman–Crippen MR) is 170 cm³/mol. The van der Waals surface area contributed by atoms with Crippen LogP contribution in [-0.4, -0.2) is 4.98 Å². The summed E-state index contributed by atoms with van der Waals surface area (Å²) in [6, 6.07) is 36.3. The molecule has 3 nitrogen and oxygen atoms in total. The minimum atomic E-state index is -0.622. The summed E-state index contributed by atoms with van der Waals surface area (Å²) >= 11 is 7.83. The third kappa shape index (κ3) is 2.51. The van der Waals surface area contributed by atoms with E-state index in [2.05, 4.69) is 111 Å². The van der Waals surface area contributed by atoms with Gasteiger partial charge in [0.25, 0.3) is 0 Å². The van der Waals surface area contributed by atoms with Crippen molar-refractivity contribution in [2.45, 2.75) is 5.41 Å². The van der Waals surface area contributed by atoms with E-state index in [-0.39, 0.29) is 0 Å². The Morgan fingerprint density at radius 1 is 0.561 bits per heavy atom. The van der Waals surface area contributed by atoms with Crippen LogP contribution in [0.25, 0.3) is 66.1 Å². The molecule has 8 aromatic rings. The van der Waals surface area contributed by atoms with E-state index < -0.39 is 5.41 Å². The first-order valence-corrected chi connectivity index (χ1v) is 15.1. The number of benzene rings is 5. The van der Waals surface area contributed by atoms with Gasteiger partial charge in [0, 0.05) is 37.1 Å². The number of rotatable bonds is 0. The normalized spacial score (nSPS) is 14.3. The van der Waals surface area contributed by atoms with Crippen LogP contribution in [-0.2, 0) is 5.41 Å². The average Bonchev–Trinajstić information content (AvgIpc) is 3.73. The van der Waals surface area contributed by atoms with Crippen molar-refractivity contribution in [1.82, 2.24) is 4.98 Å². The first-order chi connectivity index (χ1) is 20.2. The number of aromatic nitrogens is 1. The number of hydrogen-bond donors (Lipinski definition) is 0. The van der Waals surface area contributed by atoms with Crippen LogP contribution in [0.4, 0.5) is 0 Å². The number of pyridine rings is 1. The summed E-state index contributed by atoms with van der Waals surface area (Å²) in [7, 11) is 0. The van der Waals surface area contributed by atoms with Crippen molar-refractivity contribution < 1.29 is 8.83 Å². The first kappa shape index (κ1) is 22.5. The van der Waals surface area contributed by atoms with Crippen molar-refractivity contribution in [3.63, 3.8) is 0 Å². The van der Waals surface area contributed by atoms with Crippen LogP contribution in [0.5, 0.6) is 0 Å². The molecule has 192 valence electrons. The molecule has 3 aromatic heterocycles. The fourth-order valence-electron chi connectivity index (χ4n) is 7.58. The van der Waals surface area contributed by atoms with E-state index in [1.165, 1.54) is 27.8 Å². The summed E-state index contributed by atoms with van der Waals surface area (Å²) in [5.41, 5.74) is 11.9. The van der Waals surface area contributed by atoms with E-state index in [1.54, 1.807) is 0 Å². The summed E-state index contributed by atoms with van der Waals surface area (Å²) < 4.78 is 15.0. The van der Waals surface area contributed by atoms with Crippen molar-refractivity contribution in [2.75, 3.05) is 0 Å². The topological polar surface area (TPSA) is 39.2 Å². The van der Waals surface area contributed by atoms with Gasteiger partial charge in [0.15, 0.2) is 5.58 Å². The number of nitrogens with zero attached hydrogens (tertiary/aromatic N) is 1. The van der Waals surface area contributed by atoms with Crippen molar-refractivity contribution >= 4 is 75.7 Å². The number of para-hydroxylation sites is 2. The number of furan rings is 2. The summed E-state index contributed by atoms with van der Waals surface area (Å²) in [6.45, 7) is 0. The maximum absolute atomic E-state index is 6.78. The van der Waals surface area contributed by atoms with Gasteiger partial charge in [-0.15, -0.1) is 0 Å². The Morgan fingerprint density at radius 3 is 1.80 bits per heavy atom. The molecule has 1 spiro atoms.